The Morgan fingerprint density at radius 2 is 1.91 bits per heavy atom. The molecule has 1 unspecified atom stereocenters. The van der Waals surface area contributed by atoms with Crippen molar-refractivity contribution in [2.45, 2.75) is 19.0 Å². The lowest BCUT2D eigenvalue weighted by atomic mass is 9.95. The molecule has 2 aromatic carbocycles. The van der Waals surface area contributed by atoms with E-state index in [4.69, 9.17) is 4.74 Å². The highest BCUT2D eigenvalue weighted by Gasteiger charge is 2.45. The van der Waals surface area contributed by atoms with Gasteiger partial charge in [0.1, 0.15) is 30.5 Å². The summed E-state index contributed by atoms with van der Waals surface area (Å²) < 4.78 is 7.53. The van der Waals surface area contributed by atoms with E-state index in [-0.39, 0.29) is 11.3 Å². The molecule has 0 spiro atoms. The number of amides is 1. The summed E-state index contributed by atoms with van der Waals surface area (Å²) >= 11 is 0. The van der Waals surface area contributed by atoms with Crippen molar-refractivity contribution in [1.29, 1.82) is 0 Å². The van der Waals surface area contributed by atoms with Crippen LogP contribution in [0.4, 0.5) is 0 Å². The lowest BCUT2D eigenvalue weighted by Gasteiger charge is -2.25. The van der Waals surface area contributed by atoms with Crippen molar-refractivity contribution in [3.05, 3.63) is 103 Å². The fraction of sp³-hybridized carbons (Fsp3) is 0.192. The minimum absolute atomic E-state index is 0.0975. The summed E-state index contributed by atoms with van der Waals surface area (Å²) in [6.45, 7) is 5.08. The van der Waals surface area contributed by atoms with Gasteiger partial charge in [-0.05, 0) is 17.7 Å². The van der Waals surface area contributed by atoms with E-state index in [2.05, 4.69) is 11.6 Å². The number of ether oxygens (including phenoxy) is 1. The molecule has 1 fully saturated rings. The van der Waals surface area contributed by atoms with Gasteiger partial charge in [0.25, 0.3) is 11.7 Å². The number of aryl methyl sites for hydroxylation is 1. The number of hydrogen-bond donors (Lipinski definition) is 2. The van der Waals surface area contributed by atoms with E-state index in [0.717, 1.165) is 5.56 Å². The first kappa shape index (κ1) is 22.1. The number of rotatable bonds is 9. The van der Waals surface area contributed by atoms with Gasteiger partial charge in [0.2, 0.25) is 6.33 Å². The Kier molecular flexibility index (Phi) is 6.69. The average Bonchev–Trinajstić information content (AvgIpc) is 3.45. The lowest BCUT2D eigenvalue weighted by Crippen LogP contribution is -2.36. The largest absolute Gasteiger partial charge is 0.507 e. The summed E-state index contributed by atoms with van der Waals surface area (Å²) in [5.74, 6) is -0.804. The van der Waals surface area contributed by atoms with E-state index in [1.165, 1.54) is 0 Å². The molecule has 168 valence electrons. The zero-order chi connectivity index (χ0) is 23.2. The lowest BCUT2D eigenvalue weighted by molar-refractivity contribution is -0.695. The van der Waals surface area contributed by atoms with Crippen LogP contribution in [0.2, 0.25) is 0 Å². The topological polar surface area (TPSA) is 86.5 Å². The monoisotopic (exact) mass is 444 g/mol. The fourth-order valence-electron chi connectivity index (χ4n) is 3.99. The van der Waals surface area contributed by atoms with Gasteiger partial charge in [-0.15, -0.1) is 0 Å². The van der Waals surface area contributed by atoms with Crippen LogP contribution in [-0.4, -0.2) is 39.8 Å². The predicted octanol–water partition coefficient (Wildman–Crippen LogP) is 3.38. The smallest absolute Gasteiger partial charge is 0.295 e. The average molecular weight is 445 g/mol. The highest BCUT2D eigenvalue weighted by molar-refractivity contribution is 6.46. The Balaban J connectivity index is 1.69. The molecule has 1 aliphatic rings. The van der Waals surface area contributed by atoms with E-state index < -0.39 is 17.7 Å². The van der Waals surface area contributed by atoms with Crippen LogP contribution in [0.15, 0.2) is 91.5 Å². The summed E-state index contributed by atoms with van der Waals surface area (Å²) in [7, 11) is 0. The number of H-pyrrole nitrogens is 1. The molecular weight excluding hydrogens is 418 g/mol. The number of likely N-dealkylation sites (tertiary alicyclic amines) is 1. The van der Waals surface area contributed by atoms with Crippen LogP contribution in [-0.2, 0) is 16.1 Å². The first-order chi connectivity index (χ1) is 16.1. The van der Waals surface area contributed by atoms with Crippen LogP contribution in [0, 0.1) is 0 Å². The van der Waals surface area contributed by atoms with Crippen molar-refractivity contribution in [2.75, 3.05) is 13.2 Å². The SMILES string of the molecule is C=CCOc1ccc(C2C(=C(O)c3ccccc3)C(=O)C(=O)N2CCC[n+]2cc[nH]c2)cc1. The molecule has 1 saturated heterocycles. The van der Waals surface area contributed by atoms with Crippen LogP contribution < -0.4 is 9.30 Å². The van der Waals surface area contributed by atoms with Gasteiger partial charge in [0.15, 0.2) is 0 Å². The standard InChI is InChI=1S/C26H25N3O4/c1-2-17-33-21-11-9-19(10-12-21)23-22(24(30)20-7-4-3-5-8-20)25(31)26(32)29(23)15-6-14-28-16-13-27-18-28/h2-5,7-13,16,18,23H,1,6,14-15,17H2,(H,30,31)/p+1. The van der Waals surface area contributed by atoms with Crippen molar-refractivity contribution >= 4 is 17.4 Å². The van der Waals surface area contributed by atoms with Crippen molar-refractivity contribution in [1.82, 2.24) is 9.88 Å². The zero-order valence-corrected chi connectivity index (χ0v) is 18.2. The normalized spacial score (nSPS) is 17.3. The van der Waals surface area contributed by atoms with E-state index in [1.807, 2.05) is 41.5 Å². The number of carbonyl (C=O) groups excluding carboxylic acids is 2. The van der Waals surface area contributed by atoms with E-state index in [0.29, 0.717) is 37.4 Å². The Labute approximate surface area is 192 Å². The minimum Gasteiger partial charge on any atom is -0.507 e. The van der Waals surface area contributed by atoms with Crippen LogP contribution >= 0.6 is 0 Å². The first-order valence-corrected chi connectivity index (χ1v) is 10.8. The number of aromatic nitrogens is 2. The highest BCUT2D eigenvalue weighted by atomic mass is 16.5. The number of nitrogens with one attached hydrogen (secondary N) is 1. The number of Topliss-reactive ketones (excluding diaryl/α,β-unsaturated/α-hetero) is 1. The third-order valence-corrected chi connectivity index (χ3v) is 5.57. The van der Waals surface area contributed by atoms with Gasteiger partial charge < -0.3 is 14.7 Å². The molecule has 7 heteroatoms. The van der Waals surface area contributed by atoms with Crippen molar-refractivity contribution in [3.63, 3.8) is 0 Å². The Hall–Kier alpha value is -4.13. The second-order valence-corrected chi connectivity index (χ2v) is 7.73. The zero-order valence-electron chi connectivity index (χ0n) is 18.2. The number of nitrogens with zero attached hydrogens (tertiary/aromatic N) is 2. The van der Waals surface area contributed by atoms with Gasteiger partial charge in [-0.1, -0.05) is 55.1 Å². The first-order valence-electron chi connectivity index (χ1n) is 10.8. The number of benzene rings is 2. The third kappa shape index (κ3) is 4.72. The molecule has 1 aromatic heterocycles. The fourth-order valence-corrected chi connectivity index (χ4v) is 3.99. The van der Waals surface area contributed by atoms with Gasteiger partial charge in [-0.25, -0.2) is 4.57 Å². The second-order valence-electron chi connectivity index (χ2n) is 7.73. The molecule has 3 aromatic rings. The maximum absolute atomic E-state index is 13.1. The van der Waals surface area contributed by atoms with Crippen LogP contribution in [0.25, 0.3) is 5.76 Å². The number of hydrogen-bond acceptors (Lipinski definition) is 4. The summed E-state index contributed by atoms with van der Waals surface area (Å²) in [5, 5.41) is 11.0. The quantitative estimate of drug-likeness (QED) is 0.174. The molecular formula is C26H26N3O4+. The molecule has 0 aliphatic carbocycles. The van der Waals surface area contributed by atoms with Crippen molar-refractivity contribution in [3.8, 4) is 5.75 Å². The number of aliphatic hydroxyl groups excluding tert-OH is 1. The van der Waals surface area contributed by atoms with Gasteiger partial charge in [0, 0.05) is 18.5 Å². The molecule has 33 heavy (non-hydrogen) atoms. The van der Waals surface area contributed by atoms with Gasteiger partial charge in [-0.2, -0.15) is 0 Å². The number of aromatic amines is 1. The van der Waals surface area contributed by atoms with Crippen molar-refractivity contribution in [2.24, 2.45) is 0 Å². The summed E-state index contributed by atoms with van der Waals surface area (Å²) in [5.41, 5.74) is 1.32. The summed E-state index contributed by atoms with van der Waals surface area (Å²) in [6, 6.07) is 15.3. The Morgan fingerprint density at radius 3 is 2.58 bits per heavy atom. The van der Waals surface area contributed by atoms with Gasteiger partial charge in [0.05, 0.1) is 18.2 Å². The summed E-state index contributed by atoms with van der Waals surface area (Å²) in [6.07, 6.45) is 7.87. The van der Waals surface area contributed by atoms with Gasteiger partial charge in [-0.3, -0.25) is 14.6 Å². The predicted molar refractivity (Wildman–Crippen MR) is 123 cm³/mol. The Morgan fingerprint density at radius 1 is 1.15 bits per heavy atom. The molecule has 7 nitrogen and oxygen atoms in total. The summed E-state index contributed by atoms with van der Waals surface area (Å²) in [4.78, 5) is 30.6. The van der Waals surface area contributed by atoms with Gasteiger partial charge >= 0.3 is 0 Å². The molecule has 1 atom stereocenters. The van der Waals surface area contributed by atoms with E-state index in [9.17, 15) is 14.7 Å². The minimum atomic E-state index is -0.685. The molecule has 0 radical (unpaired) electrons. The third-order valence-electron chi connectivity index (χ3n) is 5.57. The molecule has 2 heterocycles. The maximum atomic E-state index is 13.1. The second kappa shape index (κ2) is 9.99. The van der Waals surface area contributed by atoms with Crippen LogP contribution in [0.3, 0.4) is 0 Å². The van der Waals surface area contributed by atoms with Crippen molar-refractivity contribution < 1.29 is 24.0 Å². The molecule has 1 amide bonds. The number of aliphatic hydroxyl groups is 1. The maximum Gasteiger partial charge on any atom is 0.295 e. The molecule has 4 rings (SSSR count). The number of ketones is 1. The highest BCUT2D eigenvalue weighted by Crippen LogP contribution is 2.39. The number of carbonyl (C=O) groups is 2. The van der Waals surface area contributed by atoms with E-state index in [1.54, 1.807) is 47.4 Å². The van der Waals surface area contributed by atoms with Crippen LogP contribution in [0.1, 0.15) is 23.6 Å². The number of imidazole rings is 1. The van der Waals surface area contributed by atoms with Crippen LogP contribution in [0.5, 0.6) is 5.75 Å². The molecule has 1 aliphatic heterocycles. The molecule has 0 saturated carbocycles. The van der Waals surface area contributed by atoms with E-state index >= 15 is 0 Å². The molecule has 0 bridgehead atoms. The Bertz CT molecular complexity index is 1150. The molecule has 2 N–H and O–H groups in total.